The number of Topliss-reactive ketones (excluding diaryl/α,β-unsaturated/α-hetero) is 3. The molecule has 1 aliphatic heterocycles. The Morgan fingerprint density at radius 2 is 1.89 bits per heavy atom. The van der Waals surface area contributed by atoms with Crippen LogP contribution >= 0.6 is 15.9 Å². The summed E-state index contributed by atoms with van der Waals surface area (Å²) >= 11 is 3.36. The smallest absolute Gasteiger partial charge is 0.227 e. The summed E-state index contributed by atoms with van der Waals surface area (Å²) in [6, 6.07) is 6.39. The molecule has 204 valence electrons. The monoisotopic (exact) mass is 579 g/mol. The number of alkyl halides is 1. The summed E-state index contributed by atoms with van der Waals surface area (Å²) in [5.74, 6) is -2.18. The molecule has 0 saturated carbocycles. The first-order valence-electron chi connectivity index (χ1n) is 13.0. The van der Waals surface area contributed by atoms with Crippen LogP contribution in [0.3, 0.4) is 0 Å². The minimum Gasteiger partial charge on any atom is -0.386 e. The fraction of sp³-hybridized carbons (Fsp3) is 0.571. The highest BCUT2D eigenvalue weighted by Crippen LogP contribution is 2.30. The molecule has 1 fully saturated rings. The molecule has 2 rings (SSSR count). The van der Waals surface area contributed by atoms with Crippen molar-refractivity contribution in [1.29, 1.82) is 0 Å². The summed E-state index contributed by atoms with van der Waals surface area (Å²) in [7, 11) is 0. The molecule has 3 N–H and O–H groups in total. The molecule has 1 aromatic carbocycles. The van der Waals surface area contributed by atoms with Gasteiger partial charge in [-0.15, -0.1) is 0 Å². The molecule has 0 aromatic heterocycles. The van der Waals surface area contributed by atoms with E-state index in [1.807, 2.05) is 13.8 Å². The van der Waals surface area contributed by atoms with E-state index < -0.39 is 30.3 Å². The Morgan fingerprint density at radius 1 is 1.22 bits per heavy atom. The van der Waals surface area contributed by atoms with Crippen LogP contribution < -0.4 is 11.1 Å². The van der Waals surface area contributed by atoms with Gasteiger partial charge in [0.05, 0.1) is 11.9 Å². The number of carbonyl (C=O) groups excluding carboxylic acids is 4. The molecule has 1 aromatic rings. The summed E-state index contributed by atoms with van der Waals surface area (Å²) in [5.41, 5.74) is 6.02. The third-order valence-electron chi connectivity index (χ3n) is 7.24. The zero-order valence-electron chi connectivity index (χ0n) is 21.8. The number of hydrogen-bond donors (Lipinski definition) is 2. The van der Waals surface area contributed by atoms with Crippen molar-refractivity contribution in [2.24, 2.45) is 23.5 Å². The van der Waals surface area contributed by atoms with Crippen molar-refractivity contribution >= 4 is 39.2 Å². The summed E-state index contributed by atoms with van der Waals surface area (Å²) in [6.07, 6.45) is 2.71. The molecule has 1 heterocycles. The lowest BCUT2D eigenvalue weighted by molar-refractivity contribution is -0.142. The first-order chi connectivity index (χ1) is 17.6. The van der Waals surface area contributed by atoms with Crippen LogP contribution in [0.5, 0.6) is 0 Å². The van der Waals surface area contributed by atoms with Crippen LogP contribution in [-0.4, -0.2) is 54.0 Å². The van der Waals surface area contributed by atoms with Gasteiger partial charge in [0, 0.05) is 47.8 Å². The number of likely N-dealkylation sites (tertiary alicyclic amines) is 1. The Kier molecular flexibility index (Phi) is 12.4. The molecular weight excluding hydrogens is 541 g/mol. The Bertz CT molecular complexity index is 969. The first-order valence-corrected chi connectivity index (χ1v) is 13.8. The van der Waals surface area contributed by atoms with Gasteiger partial charge in [-0.05, 0) is 43.7 Å². The van der Waals surface area contributed by atoms with Gasteiger partial charge in [-0.25, -0.2) is 4.39 Å². The number of ketones is 3. The highest BCUT2D eigenvalue weighted by molar-refractivity contribution is 9.10. The average Bonchev–Trinajstić information content (AvgIpc) is 3.38. The molecule has 9 heteroatoms. The maximum atomic E-state index is 13.7. The van der Waals surface area contributed by atoms with Crippen LogP contribution in [0.25, 0.3) is 0 Å². The fourth-order valence-corrected chi connectivity index (χ4v) is 5.07. The minimum absolute atomic E-state index is 0.0473. The van der Waals surface area contributed by atoms with E-state index in [4.69, 9.17) is 5.73 Å². The zero-order valence-corrected chi connectivity index (χ0v) is 23.4. The van der Waals surface area contributed by atoms with Crippen LogP contribution in [0, 0.1) is 17.8 Å². The Labute approximate surface area is 227 Å². The van der Waals surface area contributed by atoms with Gasteiger partial charge in [0.25, 0.3) is 0 Å². The zero-order chi connectivity index (χ0) is 27.5. The molecule has 1 amide bonds. The van der Waals surface area contributed by atoms with E-state index >= 15 is 0 Å². The number of hydrogen-bond acceptors (Lipinski definition) is 6. The van der Waals surface area contributed by atoms with Crippen LogP contribution in [0.15, 0.2) is 41.1 Å². The Balaban J connectivity index is 2.12. The van der Waals surface area contributed by atoms with Crippen LogP contribution in [0.4, 0.5) is 4.39 Å². The maximum absolute atomic E-state index is 13.7. The van der Waals surface area contributed by atoms with Gasteiger partial charge >= 0.3 is 0 Å². The second kappa shape index (κ2) is 15.0. The van der Waals surface area contributed by atoms with Crippen molar-refractivity contribution in [3.8, 4) is 0 Å². The van der Waals surface area contributed by atoms with E-state index in [2.05, 4.69) is 27.8 Å². The summed E-state index contributed by atoms with van der Waals surface area (Å²) < 4.78 is 14.1. The molecular formula is C28H39BrFN3O4. The molecule has 1 saturated heterocycles. The van der Waals surface area contributed by atoms with Crippen molar-refractivity contribution in [2.75, 3.05) is 19.8 Å². The maximum Gasteiger partial charge on any atom is 0.227 e. The van der Waals surface area contributed by atoms with Crippen LogP contribution in [0.1, 0.15) is 69.2 Å². The van der Waals surface area contributed by atoms with Crippen LogP contribution in [-0.2, 0) is 14.4 Å². The molecule has 0 aliphatic carbocycles. The normalized spacial score (nSPS) is 17.6. The summed E-state index contributed by atoms with van der Waals surface area (Å²) in [4.78, 5) is 53.8. The van der Waals surface area contributed by atoms with Crippen molar-refractivity contribution in [2.45, 2.75) is 64.8 Å². The Morgan fingerprint density at radius 3 is 2.49 bits per heavy atom. The highest BCUT2D eigenvalue weighted by Gasteiger charge is 2.40. The lowest BCUT2D eigenvalue weighted by Crippen LogP contribution is -2.46. The molecule has 1 aliphatic rings. The van der Waals surface area contributed by atoms with E-state index in [1.165, 1.54) is 0 Å². The highest BCUT2D eigenvalue weighted by atomic mass is 79.9. The number of amides is 1. The third-order valence-corrected chi connectivity index (χ3v) is 7.77. The van der Waals surface area contributed by atoms with Crippen molar-refractivity contribution in [3.63, 3.8) is 0 Å². The van der Waals surface area contributed by atoms with E-state index in [1.54, 1.807) is 29.2 Å². The summed E-state index contributed by atoms with van der Waals surface area (Å²) in [6.45, 7) is 7.24. The van der Waals surface area contributed by atoms with Crippen LogP contribution in [0.2, 0.25) is 0 Å². The fourth-order valence-electron chi connectivity index (χ4n) is 4.81. The summed E-state index contributed by atoms with van der Waals surface area (Å²) in [5, 5.41) is 2.86. The Hall–Kier alpha value is -2.55. The average molecular weight is 581 g/mol. The van der Waals surface area contributed by atoms with Gasteiger partial charge < -0.3 is 16.0 Å². The number of nitrogens with two attached hydrogens (primary N) is 1. The van der Waals surface area contributed by atoms with Gasteiger partial charge in [-0.1, -0.05) is 54.9 Å². The largest absolute Gasteiger partial charge is 0.386 e. The predicted octanol–water partition coefficient (Wildman–Crippen LogP) is 4.59. The second-order valence-corrected chi connectivity index (χ2v) is 10.8. The van der Waals surface area contributed by atoms with Crippen molar-refractivity contribution < 1.29 is 23.6 Å². The SMILES string of the molecule is C=C(N)NCCC[C@H](CC(=O)[C@@H]1CCCN1C(=O)[C@@H](CC(=O)c1ccc(Br)cc1)C(C)CC)C(=O)CF. The quantitative estimate of drug-likeness (QED) is 0.219. The molecule has 0 spiro atoms. The van der Waals surface area contributed by atoms with Gasteiger partial charge in [0.15, 0.2) is 17.3 Å². The number of nitrogens with zero attached hydrogens (tertiary/aromatic N) is 1. The first kappa shape index (κ1) is 30.7. The van der Waals surface area contributed by atoms with Crippen molar-refractivity contribution in [3.05, 3.63) is 46.7 Å². The molecule has 4 atom stereocenters. The minimum atomic E-state index is -1.13. The standard InChI is InChI=1S/C28H39BrFN3O4/c1-4-18(2)23(16-25(34)20-9-11-22(29)12-10-20)28(37)33-14-6-8-24(33)26(35)15-21(27(36)17-30)7-5-13-32-19(3)31/h9-12,18,21,23-24,32H,3-8,13-17,31H2,1-2H3/t18?,21-,23+,24+/m1/s1. The topological polar surface area (TPSA) is 110 Å². The molecule has 37 heavy (non-hydrogen) atoms. The van der Waals surface area contributed by atoms with Gasteiger partial charge in [0.2, 0.25) is 5.91 Å². The molecule has 7 nitrogen and oxygen atoms in total. The van der Waals surface area contributed by atoms with Crippen molar-refractivity contribution in [1.82, 2.24) is 10.2 Å². The van der Waals surface area contributed by atoms with E-state index in [0.717, 1.165) is 4.47 Å². The number of halogens is 2. The third kappa shape index (κ3) is 9.05. The number of benzene rings is 1. The van der Waals surface area contributed by atoms with Gasteiger partial charge in [-0.3, -0.25) is 19.2 Å². The predicted molar refractivity (Wildman–Crippen MR) is 145 cm³/mol. The number of rotatable bonds is 16. The van der Waals surface area contributed by atoms with Gasteiger partial charge in [0.1, 0.15) is 6.67 Å². The van der Waals surface area contributed by atoms with E-state index in [0.29, 0.717) is 56.6 Å². The van der Waals surface area contributed by atoms with Gasteiger partial charge in [-0.2, -0.15) is 0 Å². The lowest BCUT2D eigenvalue weighted by atomic mass is 9.84. The molecule has 0 bridgehead atoms. The van der Waals surface area contributed by atoms with E-state index in [9.17, 15) is 23.6 Å². The van der Waals surface area contributed by atoms with E-state index in [-0.39, 0.29) is 36.2 Å². The second-order valence-electron chi connectivity index (χ2n) is 9.88. The number of nitrogens with one attached hydrogen (secondary N) is 1. The molecule has 0 radical (unpaired) electrons. The number of carbonyl (C=O) groups is 4. The molecule has 1 unspecified atom stereocenters. The lowest BCUT2D eigenvalue weighted by Gasteiger charge is -2.31.